The fraction of sp³-hybridized carbons (Fsp3) is 0.762. The third kappa shape index (κ3) is 11.4. The first-order valence-electron chi connectivity index (χ1n) is 11.0. The number of carbonyl (C=O) groups is 5. The fourth-order valence-electron chi connectivity index (χ4n) is 2.82. The van der Waals surface area contributed by atoms with E-state index >= 15 is 0 Å². The number of thioether (sulfide) groups is 1. The Hall–Kier alpha value is -2.34. The molecule has 3 amide bonds. The average molecular weight is 491 g/mol. The lowest BCUT2D eigenvalue weighted by Gasteiger charge is -2.28. The Labute approximate surface area is 199 Å². The molecule has 0 rings (SSSR count). The molecule has 0 aromatic heterocycles. The average Bonchev–Trinajstić information content (AvgIpc) is 2.75. The highest BCUT2D eigenvalue weighted by atomic mass is 32.2. The highest BCUT2D eigenvalue weighted by molar-refractivity contribution is 7.98. The summed E-state index contributed by atoms with van der Waals surface area (Å²) < 4.78 is 0. The molecule has 0 saturated carbocycles. The van der Waals surface area contributed by atoms with Gasteiger partial charge in [-0.2, -0.15) is 11.8 Å². The number of hydrogen-bond acceptors (Lipinski definition) is 7. The molecule has 190 valence electrons. The van der Waals surface area contributed by atoms with E-state index in [0.29, 0.717) is 12.2 Å². The van der Waals surface area contributed by atoms with Crippen molar-refractivity contribution in [1.82, 2.24) is 16.0 Å². The molecule has 0 aliphatic heterocycles. The second kappa shape index (κ2) is 15.5. The van der Waals surface area contributed by atoms with Crippen molar-refractivity contribution in [2.24, 2.45) is 17.6 Å². The number of hydrogen-bond donors (Lipinski definition) is 6. The fourth-order valence-corrected chi connectivity index (χ4v) is 3.29. The highest BCUT2D eigenvalue weighted by Gasteiger charge is 2.33. The van der Waals surface area contributed by atoms with Crippen LogP contribution in [-0.2, 0) is 24.0 Å². The Morgan fingerprint density at radius 3 is 1.91 bits per heavy atom. The van der Waals surface area contributed by atoms with Gasteiger partial charge in [0.15, 0.2) is 0 Å². The standard InChI is InChI=1S/C21H38N4O7S/c1-6-12(4)17(20(30)24-14(21(31)32)9-10-33-5)25-18(28)13(7-8-15(26)27)23-19(29)16(22)11(2)3/h11-14,16-17H,6-10,22H2,1-5H3,(H,23,29)(H,24,30)(H,25,28)(H,26,27)(H,31,32). The molecule has 33 heavy (non-hydrogen) atoms. The molecule has 0 aromatic carbocycles. The summed E-state index contributed by atoms with van der Waals surface area (Å²) in [4.78, 5) is 60.7. The van der Waals surface area contributed by atoms with Crippen molar-refractivity contribution in [1.29, 1.82) is 0 Å². The Morgan fingerprint density at radius 2 is 1.45 bits per heavy atom. The minimum Gasteiger partial charge on any atom is -0.481 e. The third-order valence-electron chi connectivity index (χ3n) is 5.32. The Bertz CT molecular complexity index is 690. The Kier molecular flexibility index (Phi) is 14.4. The van der Waals surface area contributed by atoms with Crippen LogP contribution in [0, 0.1) is 11.8 Å². The van der Waals surface area contributed by atoms with E-state index in [2.05, 4.69) is 16.0 Å². The molecule has 0 aromatic rings. The summed E-state index contributed by atoms with van der Waals surface area (Å²) in [6, 6.07) is -4.29. The first-order valence-corrected chi connectivity index (χ1v) is 12.3. The van der Waals surface area contributed by atoms with Crippen LogP contribution in [0.4, 0.5) is 0 Å². The smallest absolute Gasteiger partial charge is 0.326 e. The van der Waals surface area contributed by atoms with Gasteiger partial charge in [-0.15, -0.1) is 0 Å². The predicted octanol–water partition coefficient (Wildman–Crippen LogP) is 0.173. The van der Waals surface area contributed by atoms with Crippen LogP contribution in [0.2, 0.25) is 0 Å². The summed E-state index contributed by atoms with van der Waals surface area (Å²) in [7, 11) is 0. The van der Waals surface area contributed by atoms with E-state index in [1.807, 2.05) is 13.2 Å². The van der Waals surface area contributed by atoms with Crippen LogP contribution in [0.15, 0.2) is 0 Å². The van der Waals surface area contributed by atoms with Crippen molar-refractivity contribution in [3.63, 3.8) is 0 Å². The molecule has 0 aliphatic rings. The SMILES string of the molecule is CCC(C)C(NC(=O)C(CCC(=O)O)NC(=O)C(N)C(C)C)C(=O)NC(CCSC)C(=O)O. The van der Waals surface area contributed by atoms with Crippen LogP contribution in [-0.4, -0.2) is 76.0 Å². The van der Waals surface area contributed by atoms with E-state index in [9.17, 15) is 29.1 Å². The summed E-state index contributed by atoms with van der Waals surface area (Å²) in [6.45, 7) is 7.00. The number of carboxylic acids is 2. The number of rotatable bonds is 16. The summed E-state index contributed by atoms with van der Waals surface area (Å²) in [5.74, 6) is -4.37. The molecule has 0 heterocycles. The molecule has 0 radical (unpaired) electrons. The minimum absolute atomic E-state index is 0.196. The molecular weight excluding hydrogens is 452 g/mol. The summed E-state index contributed by atoms with van der Waals surface area (Å²) >= 11 is 1.44. The minimum atomic E-state index is -1.22. The number of nitrogens with one attached hydrogen (secondary N) is 3. The van der Waals surface area contributed by atoms with Gasteiger partial charge >= 0.3 is 11.9 Å². The van der Waals surface area contributed by atoms with Gasteiger partial charge in [0.2, 0.25) is 17.7 Å². The highest BCUT2D eigenvalue weighted by Crippen LogP contribution is 2.11. The van der Waals surface area contributed by atoms with Gasteiger partial charge in [-0.1, -0.05) is 34.1 Å². The molecule has 7 N–H and O–H groups in total. The van der Waals surface area contributed by atoms with Crippen molar-refractivity contribution in [3.05, 3.63) is 0 Å². The van der Waals surface area contributed by atoms with Gasteiger partial charge in [0.1, 0.15) is 18.1 Å². The molecule has 12 heteroatoms. The Balaban J connectivity index is 5.58. The van der Waals surface area contributed by atoms with Crippen molar-refractivity contribution >= 4 is 41.4 Å². The van der Waals surface area contributed by atoms with Gasteiger partial charge in [0, 0.05) is 6.42 Å². The molecular formula is C21H38N4O7S. The lowest BCUT2D eigenvalue weighted by atomic mass is 9.97. The van der Waals surface area contributed by atoms with Gasteiger partial charge < -0.3 is 31.9 Å². The van der Waals surface area contributed by atoms with E-state index < -0.39 is 53.8 Å². The monoisotopic (exact) mass is 490 g/mol. The molecule has 11 nitrogen and oxygen atoms in total. The zero-order valence-corrected chi connectivity index (χ0v) is 20.7. The molecule has 5 atom stereocenters. The van der Waals surface area contributed by atoms with Gasteiger partial charge in [-0.05, 0) is 36.7 Å². The van der Waals surface area contributed by atoms with Gasteiger partial charge in [0.25, 0.3) is 0 Å². The number of nitrogens with two attached hydrogens (primary N) is 1. The van der Waals surface area contributed by atoms with E-state index in [4.69, 9.17) is 10.8 Å². The number of aliphatic carboxylic acids is 2. The van der Waals surface area contributed by atoms with Crippen LogP contribution < -0.4 is 21.7 Å². The molecule has 0 saturated heterocycles. The van der Waals surface area contributed by atoms with Crippen molar-refractivity contribution in [2.45, 2.75) is 77.5 Å². The third-order valence-corrected chi connectivity index (χ3v) is 5.96. The zero-order valence-electron chi connectivity index (χ0n) is 19.9. The largest absolute Gasteiger partial charge is 0.481 e. The van der Waals surface area contributed by atoms with Crippen LogP contribution in [0.1, 0.15) is 53.4 Å². The normalized spacial score (nSPS) is 15.6. The molecule has 0 aliphatic carbocycles. The topological polar surface area (TPSA) is 188 Å². The number of carbonyl (C=O) groups excluding carboxylic acids is 3. The van der Waals surface area contributed by atoms with Crippen LogP contribution in [0.25, 0.3) is 0 Å². The second-order valence-electron chi connectivity index (χ2n) is 8.32. The maximum absolute atomic E-state index is 13.0. The quantitative estimate of drug-likeness (QED) is 0.175. The van der Waals surface area contributed by atoms with Gasteiger partial charge in [-0.3, -0.25) is 19.2 Å². The maximum atomic E-state index is 13.0. The Morgan fingerprint density at radius 1 is 0.879 bits per heavy atom. The lowest BCUT2D eigenvalue weighted by molar-refractivity contribution is -0.142. The molecule has 5 unspecified atom stereocenters. The van der Waals surface area contributed by atoms with E-state index in [1.54, 1.807) is 20.8 Å². The van der Waals surface area contributed by atoms with E-state index in [-0.39, 0.29) is 31.1 Å². The number of carboxylic acid groups (broad SMARTS) is 2. The molecule has 0 fully saturated rings. The van der Waals surface area contributed by atoms with Crippen molar-refractivity contribution in [3.8, 4) is 0 Å². The predicted molar refractivity (Wildman–Crippen MR) is 126 cm³/mol. The van der Waals surface area contributed by atoms with Gasteiger partial charge in [0.05, 0.1) is 6.04 Å². The van der Waals surface area contributed by atoms with Crippen LogP contribution in [0.5, 0.6) is 0 Å². The van der Waals surface area contributed by atoms with Crippen LogP contribution >= 0.6 is 11.8 Å². The van der Waals surface area contributed by atoms with E-state index in [1.165, 1.54) is 11.8 Å². The molecule has 0 bridgehead atoms. The zero-order chi connectivity index (χ0) is 25.7. The summed E-state index contributed by atoms with van der Waals surface area (Å²) in [5, 5.41) is 25.9. The first kappa shape index (κ1) is 30.7. The molecule has 0 spiro atoms. The summed E-state index contributed by atoms with van der Waals surface area (Å²) in [5.41, 5.74) is 5.83. The number of amides is 3. The summed E-state index contributed by atoms with van der Waals surface area (Å²) in [6.07, 6.45) is 1.96. The van der Waals surface area contributed by atoms with Crippen molar-refractivity contribution in [2.75, 3.05) is 12.0 Å². The van der Waals surface area contributed by atoms with E-state index in [0.717, 1.165) is 0 Å². The van der Waals surface area contributed by atoms with Crippen molar-refractivity contribution < 1.29 is 34.2 Å². The maximum Gasteiger partial charge on any atom is 0.326 e. The van der Waals surface area contributed by atoms with Crippen LogP contribution in [0.3, 0.4) is 0 Å². The lowest BCUT2D eigenvalue weighted by Crippen LogP contribution is -2.59. The second-order valence-corrected chi connectivity index (χ2v) is 9.30. The van der Waals surface area contributed by atoms with Gasteiger partial charge in [-0.25, -0.2) is 4.79 Å². The first-order chi connectivity index (χ1) is 15.3.